The van der Waals surface area contributed by atoms with E-state index in [2.05, 4.69) is 10.3 Å². The van der Waals surface area contributed by atoms with Gasteiger partial charge in [0, 0.05) is 16.8 Å². The van der Waals surface area contributed by atoms with E-state index in [0.29, 0.717) is 40.7 Å². The highest BCUT2D eigenvalue weighted by molar-refractivity contribution is 6.06. The van der Waals surface area contributed by atoms with Gasteiger partial charge in [0.1, 0.15) is 34.4 Å². The largest absolute Gasteiger partial charge is 0.457 e. The zero-order valence-corrected chi connectivity index (χ0v) is 21.5. The van der Waals surface area contributed by atoms with Gasteiger partial charge in [-0.05, 0) is 83.1 Å². The van der Waals surface area contributed by atoms with Crippen molar-refractivity contribution in [2.24, 2.45) is 5.73 Å². The fraction of sp³-hybridized carbons (Fsp3) is 0.0312. The maximum Gasteiger partial charge on any atom is 0.272 e. The molecule has 0 aliphatic carbocycles. The van der Waals surface area contributed by atoms with Crippen molar-refractivity contribution < 1.29 is 9.53 Å². The first kappa shape index (κ1) is 24.7. The van der Waals surface area contributed by atoms with E-state index in [1.807, 2.05) is 77.4 Å². The van der Waals surface area contributed by atoms with Gasteiger partial charge in [0.05, 0.1) is 6.54 Å². The summed E-state index contributed by atoms with van der Waals surface area (Å²) in [6.07, 6.45) is 0. The van der Waals surface area contributed by atoms with Crippen LogP contribution in [0.25, 0.3) is 21.8 Å². The second-order valence-electron chi connectivity index (χ2n) is 9.43. The number of rotatable bonds is 7. The molecule has 196 valence electrons. The number of ether oxygens (including phenoxy) is 1. The standard InChI is InChI=1S/C32H26N6O2/c33-23-11-13-24(14-12-23)36-32(39)29-18-21-10-15-28(30(34)35)37-31(21)38(29)19-22-17-26(40-25-7-2-1-3-8-25)16-20-6-4-5-9-27(20)22/h1-18H,19,33H2,(H3,34,35)(H,36,39). The average molecular weight is 527 g/mol. The quantitative estimate of drug-likeness (QED) is 0.113. The zero-order chi connectivity index (χ0) is 27.6. The molecule has 8 heteroatoms. The maximum atomic E-state index is 13.6. The zero-order valence-electron chi connectivity index (χ0n) is 21.5. The molecule has 40 heavy (non-hydrogen) atoms. The van der Waals surface area contributed by atoms with E-state index in [4.69, 9.17) is 21.6 Å². The van der Waals surface area contributed by atoms with Crippen LogP contribution in [-0.2, 0) is 6.54 Å². The highest BCUT2D eigenvalue weighted by Gasteiger charge is 2.19. The third kappa shape index (κ3) is 4.93. The van der Waals surface area contributed by atoms with Gasteiger partial charge < -0.3 is 26.1 Å². The number of nitrogens with zero attached hydrogens (tertiary/aromatic N) is 2. The van der Waals surface area contributed by atoms with Crippen molar-refractivity contribution in [3.05, 3.63) is 126 Å². The van der Waals surface area contributed by atoms with Crippen LogP contribution in [-0.4, -0.2) is 21.3 Å². The van der Waals surface area contributed by atoms with E-state index >= 15 is 0 Å². The highest BCUT2D eigenvalue weighted by Crippen LogP contribution is 2.31. The van der Waals surface area contributed by atoms with Crippen molar-refractivity contribution in [3.63, 3.8) is 0 Å². The summed E-state index contributed by atoms with van der Waals surface area (Å²) in [6.45, 7) is 0.328. The average Bonchev–Trinajstić information content (AvgIpc) is 3.32. The second kappa shape index (κ2) is 10.3. The predicted octanol–water partition coefficient (Wildman–Crippen LogP) is 6.15. The van der Waals surface area contributed by atoms with Gasteiger partial charge in [0.15, 0.2) is 0 Å². The summed E-state index contributed by atoms with van der Waals surface area (Å²) in [4.78, 5) is 18.2. The molecule has 0 aliphatic rings. The number of nitrogens with two attached hydrogens (primary N) is 2. The van der Waals surface area contributed by atoms with E-state index in [1.165, 1.54) is 0 Å². The lowest BCUT2D eigenvalue weighted by molar-refractivity contribution is 0.101. The number of carbonyl (C=O) groups excluding carboxylic acids is 1. The molecule has 1 amide bonds. The Hall–Kier alpha value is -5.63. The van der Waals surface area contributed by atoms with Crippen LogP contribution in [0, 0.1) is 5.41 Å². The number of benzene rings is 4. The Morgan fingerprint density at radius 3 is 2.38 bits per heavy atom. The Bertz CT molecular complexity index is 1880. The van der Waals surface area contributed by atoms with Crippen LogP contribution in [0.3, 0.4) is 0 Å². The van der Waals surface area contributed by atoms with E-state index in [-0.39, 0.29) is 11.7 Å². The summed E-state index contributed by atoms with van der Waals surface area (Å²) in [5.41, 5.74) is 15.0. The number of carbonyl (C=O) groups is 1. The highest BCUT2D eigenvalue weighted by atomic mass is 16.5. The number of nitrogen functional groups attached to an aromatic ring is 2. The van der Waals surface area contributed by atoms with Crippen molar-refractivity contribution in [1.82, 2.24) is 9.55 Å². The molecule has 6 N–H and O–H groups in total. The minimum Gasteiger partial charge on any atom is -0.457 e. The third-order valence-corrected chi connectivity index (χ3v) is 6.65. The van der Waals surface area contributed by atoms with Gasteiger partial charge in [-0.3, -0.25) is 10.2 Å². The summed E-state index contributed by atoms with van der Waals surface area (Å²) >= 11 is 0. The van der Waals surface area contributed by atoms with Crippen LogP contribution >= 0.6 is 0 Å². The molecule has 0 unspecified atom stereocenters. The number of aromatic nitrogens is 2. The number of para-hydroxylation sites is 1. The molecule has 6 rings (SSSR count). The number of hydrogen-bond donors (Lipinski definition) is 4. The van der Waals surface area contributed by atoms with E-state index in [9.17, 15) is 4.79 Å². The first-order chi connectivity index (χ1) is 19.4. The Kier molecular flexibility index (Phi) is 6.34. The van der Waals surface area contributed by atoms with Crippen molar-refractivity contribution in [2.45, 2.75) is 6.54 Å². The number of fused-ring (bicyclic) bond motifs is 2. The molecule has 0 atom stereocenters. The summed E-state index contributed by atoms with van der Waals surface area (Å²) < 4.78 is 8.04. The molecule has 4 aromatic carbocycles. The van der Waals surface area contributed by atoms with Crippen molar-refractivity contribution in [3.8, 4) is 11.5 Å². The van der Waals surface area contributed by atoms with Gasteiger partial charge in [0.2, 0.25) is 0 Å². The summed E-state index contributed by atoms with van der Waals surface area (Å²) in [5, 5.41) is 13.6. The molecule has 0 saturated carbocycles. The van der Waals surface area contributed by atoms with E-state index < -0.39 is 0 Å². The van der Waals surface area contributed by atoms with Crippen LogP contribution in [0.2, 0.25) is 0 Å². The van der Waals surface area contributed by atoms with Crippen molar-refractivity contribution in [1.29, 1.82) is 5.41 Å². The lowest BCUT2D eigenvalue weighted by atomic mass is 10.0. The number of amides is 1. The lowest BCUT2D eigenvalue weighted by Gasteiger charge is -2.15. The Morgan fingerprint density at radius 1 is 0.850 bits per heavy atom. The van der Waals surface area contributed by atoms with Crippen molar-refractivity contribution in [2.75, 3.05) is 11.1 Å². The molecule has 6 aromatic rings. The molecule has 0 saturated heterocycles. The molecule has 0 aliphatic heterocycles. The summed E-state index contributed by atoms with van der Waals surface area (Å²) in [5.74, 6) is 0.965. The smallest absolute Gasteiger partial charge is 0.272 e. The number of anilines is 2. The fourth-order valence-electron chi connectivity index (χ4n) is 4.73. The maximum absolute atomic E-state index is 13.6. The Morgan fingerprint density at radius 2 is 1.60 bits per heavy atom. The summed E-state index contributed by atoms with van der Waals surface area (Å²) in [7, 11) is 0. The fourth-order valence-corrected chi connectivity index (χ4v) is 4.73. The molecular weight excluding hydrogens is 500 g/mol. The Labute approximate surface area is 230 Å². The molecule has 0 radical (unpaired) electrons. The molecule has 8 nitrogen and oxygen atoms in total. The van der Waals surface area contributed by atoms with E-state index in [1.54, 1.807) is 36.4 Å². The van der Waals surface area contributed by atoms with Gasteiger partial charge in [-0.1, -0.05) is 42.5 Å². The second-order valence-corrected chi connectivity index (χ2v) is 9.43. The molecule has 0 bridgehead atoms. The first-order valence-corrected chi connectivity index (χ1v) is 12.7. The molecule has 0 fully saturated rings. The summed E-state index contributed by atoms with van der Waals surface area (Å²) in [6, 6.07) is 33.9. The minimum atomic E-state index is -0.298. The number of nitrogens with one attached hydrogen (secondary N) is 2. The lowest BCUT2D eigenvalue weighted by Crippen LogP contribution is -2.18. The van der Waals surface area contributed by atoms with Crippen LogP contribution in [0.5, 0.6) is 11.5 Å². The SMILES string of the molecule is N=C(N)c1ccc2cc(C(=O)Nc3ccc(N)cc3)n(Cc3cc(Oc4ccccc4)cc4ccccc34)c2n1. The molecular formula is C32H26N6O2. The van der Waals surface area contributed by atoms with Crippen LogP contribution in [0.15, 0.2) is 109 Å². The monoisotopic (exact) mass is 526 g/mol. The normalized spacial score (nSPS) is 11.0. The third-order valence-electron chi connectivity index (χ3n) is 6.65. The van der Waals surface area contributed by atoms with Crippen LogP contribution in [0.4, 0.5) is 11.4 Å². The van der Waals surface area contributed by atoms with Gasteiger partial charge in [-0.25, -0.2) is 4.98 Å². The predicted molar refractivity (Wildman–Crippen MR) is 159 cm³/mol. The van der Waals surface area contributed by atoms with Gasteiger partial charge >= 0.3 is 0 Å². The minimum absolute atomic E-state index is 0.147. The molecule has 2 aromatic heterocycles. The van der Waals surface area contributed by atoms with Crippen LogP contribution < -0.4 is 21.5 Å². The number of hydrogen-bond acceptors (Lipinski definition) is 5. The van der Waals surface area contributed by atoms with Crippen LogP contribution in [0.1, 0.15) is 21.7 Å². The first-order valence-electron chi connectivity index (χ1n) is 12.7. The van der Waals surface area contributed by atoms with Gasteiger partial charge in [0.25, 0.3) is 5.91 Å². The number of pyridine rings is 1. The molecule has 2 heterocycles. The van der Waals surface area contributed by atoms with E-state index in [0.717, 1.165) is 27.5 Å². The number of amidine groups is 1. The molecule has 0 spiro atoms. The van der Waals surface area contributed by atoms with Gasteiger partial charge in [-0.15, -0.1) is 0 Å². The van der Waals surface area contributed by atoms with Gasteiger partial charge in [-0.2, -0.15) is 0 Å². The Balaban J connectivity index is 1.47. The van der Waals surface area contributed by atoms with Crippen molar-refractivity contribution >= 4 is 44.9 Å². The topological polar surface area (TPSA) is 132 Å².